The van der Waals surface area contributed by atoms with Gasteiger partial charge in [0, 0.05) is 25.0 Å². The van der Waals surface area contributed by atoms with E-state index in [1.165, 1.54) is 65.5 Å². The largest absolute Gasteiger partial charge is 0.371 e. The lowest BCUT2D eigenvalue weighted by atomic mass is 9.99. The fourth-order valence-electron chi connectivity index (χ4n) is 4.16. The molecule has 3 aromatic rings. The molecular weight excluding hydrogens is 328 g/mol. The second-order valence-electron chi connectivity index (χ2n) is 7.49. The Morgan fingerprint density at radius 3 is 2.56 bits per heavy atom. The van der Waals surface area contributed by atoms with Crippen LogP contribution >= 0.6 is 0 Å². The molecule has 1 aromatic heterocycles. The molecule has 2 heterocycles. The number of pyridine rings is 1. The van der Waals surface area contributed by atoms with E-state index in [9.17, 15) is 0 Å². The van der Waals surface area contributed by atoms with E-state index in [1.807, 2.05) is 0 Å². The van der Waals surface area contributed by atoms with Crippen molar-refractivity contribution in [3.05, 3.63) is 71.0 Å². The number of aryl methyl sites for hydroxylation is 2. The molecule has 0 aliphatic carbocycles. The van der Waals surface area contributed by atoms with E-state index in [4.69, 9.17) is 4.98 Å². The first-order valence-electron chi connectivity index (χ1n) is 10.2. The van der Waals surface area contributed by atoms with Crippen molar-refractivity contribution in [2.45, 2.75) is 39.5 Å². The summed E-state index contributed by atoms with van der Waals surface area (Å²) < 4.78 is 0. The van der Waals surface area contributed by atoms with Crippen molar-refractivity contribution in [2.24, 2.45) is 0 Å². The van der Waals surface area contributed by atoms with Crippen LogP contribution in [0.1, 0.15) is 48.6 Å². The van der Waals surface area contributed by atoms with Crippen LogP contribution in [0.4, 0.5) is 5.69 Å². The zero-order chi connectivity index (χ0) is 18.6. The van der Waals surface area contributed by atoms with E-state index in [-0.39, 0.29) is 0 Å². The molecule has 1 fully saturated rings. The van der Waals surface area contributed by atoms with Crippen LogP contribution in [-0.4, -0.2) is 18.1 Å². The van der Waals surface area contributed by atoms with Crippen molar-refractivity contribution in [2.75, 3.05) is 18.0 Å². The third-order valence-electron chi connectivity index (χ3n) is 5.64. The molecule has 0 unspecified atom stereocenters. The number of fused-ring (bicyclic) bond motifs is 1. The molecule has 0 spiro atoms. The summed E-state index contributed by atoms with van der Waals surface area (Å²) in [5, 5.41) is 2.62. The maximum atomic E-state index is 4.71. The van der Waals surface area contributed by atoms with Crippen molar-refractivity contribution in [1.82, 2.24) is 4.98 Å². The molecule has 4 rings (SSSR count). The van der Waals surface area contributed by atoms with Crippen molar-refractivity contribution in [3.8, 4) is 0 Å². The van der Waals surface area contributed by atoms with Gasteiger partial charge in [-0.3, -0.25) is 4.98 Å². The number of rotatable bonds is 4. The molecule has 0 atom stereocenters. The smallest absolute Gasteiger partial charge is 0.0650 e. The maximum absolute atomic E-state index is 4.71. The molecule has 2 aromatic carbocycles. The molecule has 0 amide bonds. The minimum Gasteiger partial charge on any atom is -0.371 e. The van der Waals surface area contributed by atoms with Gasteiger partial charge in [-0.1, -0.05) is 49.4 Å². The number of piperidine rings is 1. The van der Waals surface area contributed by atoms with Gasteiger partial charge in [0.05, 0.1) is 5.69 Å². The number of hydrogen-bond donors (Lipinski definition) is 0. The van der Waals surface area contributed by atoms with Crippen molar-refractivity contribution >= 4 is 28.6 Å². The van der Waals surface area contributed by atoms with Gasteiger partial charge in [0.1, 0.15) is 0 Å². The molecular formula is C25H28N2. The Hall–Kier alpha value is -2.61. The number of hydrogen-bond acceptors (Lipinski definition) is 2. The van der Waals surface area contributed by atoms with E-state index >= 15 is 0 Å². The Kier molecular flexibility index (Phi) is 5.24. The van der Waals surface area contributed by atoms with E-state index in [0.29, 0.717) is 0 Å². The van der Waals surface area contributed by atoms with Gasteiger partial charge in [0.15, 0.2) is 0 Å². The molecule has 0 saturated carbocycles. The third-order valence-corrected chi connectivity index (χ3v) is 5.64. The van der Waals surface area contributed by atoms with Crippen molar-refractivity contribution in [3.63, 3.8) is 0 Å². The fraction of sp³-hybridized carbons (Fsp3) is 0.320. The third kappa shape index (κ3) is 3.75. The van der Waals surface area contributed by atoms with Gasteiger partial charge < -0.3 is 4.90 Å². The van der Waals surface area contributed by atoms with Crippen molar-refractivity contribution in [1.29, 1.82) is 0 Å². The molecule has 2 heteroatoms. The second-order valence-corrected chi connectivity index (χ2v) is 7.49. The van der Waals surface area contributed by atoms with Crippen LogP contribution in [0.3, 0.4) is 0 Å². The quantitative estimate of drug-likeness (QED) is 0.548. The van der Waals surface area contributed by atoms with Gasteiger partial charge in [-0.05, 0) is 72.2 Å². The first-order chi connectivity index (χ1) is 13.3. The molecule has 138 valence electrons. The van der Waals surface area contributed by atoms with Crippen molar-refractivity contribution < 1.29 is 0 Å². The highest BCUT2D eigenvalue weighted by Gasteiger charge is 2.14. The highest BCUT2D eigenvalue weighted by molar-refractivity contribution is 5.95. The molecule has 0 N–H and O–H groups in total. The Bertz CT molecular complexity index is 960. The maximum Gasteiger partial charge on any atom is 0.0650 e. The Balaban J connectivity index is 1.69. The molecule has 1 aliphatic heterocycles. The number of anilines is 1. The Morgan fingerprint density at radius 1 is 1.00 bits per heavy atom. The minimum atomic E-state index is 1.03. The summed E-state index contributed by atoms with van der Waals surface area (Å²) in [5.41, 5.74) is 6.34. The van der Waals surface area contributed by atoms with Crippen LogP contribution in [0.25, 0.3) is 22.9 Å². The zero-order valence-electron chi connectivity index (χ0n) is 16.4. The predicted molar refractivity (Wildman–Crippen MR) is 117 cm³/mol. The highest BCUT2D eigenvalue weighted by atomic mass is 15.1. The molecule has 1 aliphatic rings. The average Bonchev–Trinajstić information content (AvgIpc) is 2.73. The van der Waals surface area contributed by atoms with Crippen LogP contribution in [0.5, 0.6) is 0 Å². The number of aromatic nitrogens is 1. The minimum absolute atomic E-state index is 1.03. The summed E-state index contributed by atoms with van der Waals surface area (Å²) >= 11 is 0. The van der Waals surface area contributed by atoms with Gasteiger partial charge in [-0.25, -0.2) is 0 Å². The number of benzene rings is 2. The molecule has 1 saturated heterocycles. The first-order valence-corrected chi connectivity index (χ1v) is 10.2. The van der Waals surface area contributed by atoms with E-state index in [1.54, 1.807) is 0 Å². The van der Waals surface area contributed by atoms with Gasteiger partial charge in [0.2, 0.25) is 0 Å². The fourth-order valence-corrected chi connectivity index (χ4v) is 4.16. The van der Waals surface area contributed by atoms with E-state index in [2.05, 4.69) is 79.6 Å². The van der Waals surface area contributed by atoms with Gasteiger partial charge in [-0.2, -0.15) is 0 Å². The second kappa shape index (κ2) is 7.96. The van der Waals surface area contributed by atoms with Crippen LogP contribution in [0.15, 0.2) is 48.7 Å². The summed E-state index contributed by atoms with van der Waals surface area (Å²) in [6.45, 7) is 6.74. The van der Waals surface area contributed by atoms with Crippen LogP contribution in [0, 0.1) is 6.92 Å². The standard InChI is InChI=1S/C25H28N2/c1-3-20-18-26-23(17-24(20)27-15-5-4-6-16-27)14-13-22-12-8-11-21-10-7-9-19(2)25(21)22/h7-14,17-18H,3-6,15-16H2,1-2H3. The topological polar surface area (TPSA) is 16.1 Å². The summed E-state index contributed by atoms with van der Waals surface area (Å²) in [7, 11) is 0. The van der Waals surface area contributed by atoms with Crippen LogP contribution in [0.2, 0.25) is 0 Å². The van der Waals surface area contributed by atoms with Gasteiger partial charge in [0.25, 0.3) is 0 Å². The lowest BCUT2D eigenvalue weighted by Gasteiger charge is -2.30. The normalized spacial score (nSPS) is 15.0. The monoisotopic (exact) mass is 356 g/mol. The summed E-state index contributed by atoms with van der Waals surface area (Å²) in [6.07, 6.45) is 11.4. The summed E-state index contributed by atoms with van der Waals surface area (Å²) in [6, 6.07) is 15.3. The average molecular weight is 357 g/mol. The lowest BCUT2D eigenvalue weighted by molar-refractivity contribution is 0.576. The van der Waals surface area contributed by atoms with E-state index < -0.39 is 0 Å². The summed E-state index contributed by atoms with van der Waals surface area (Å²) in [4.78, 5) is 7.25. The van der Waals surface area contributed by atoms with Crippen LogP contribution in [-0.2, 0) is 6.42 Å². The molecule has 27 heavy (non-hydrogen) atoms. The van der Waals surface area contributed by atoms with Crippen LogP contribution < -0.4 is 4.90 Å². The molecule has 0 radical (unpaired) electrons. The molecule has 0 bridgehead atoms. The molecule has 2 nitrogen and oxygen atoms in total. The number of nitrogens with zero attached hydrogens (tertiary/aromatic N) is 2. The predicted octanol–water partition coefficient (Wildman–Crippen LogP) is 6.27. The summed E-state index contributed by atoms with van der Waals surface area (Å²) in [5.74, 6) is 0. The Morgan fingerprint density at radius 2 is 1.78 bits per heavy atom. The van der Waals surface area contributed by atoms with Gasteiger partial charge in [-0.15, -0.1) is 0 Å². The lowest BCUT2D eigenvalue weighted by Crippen LogP contribution is -2.30. The SMILES string of the molecule is CCc1cnc(C=Cc2cccc3cccc(C)c23)cc1N1CCCCC1. The van der Waals surface area contributed by atoms with E-state index in [0.717, 1.165) is 12.1 Å². The zero-order valence-corrected chi connectivity index (χ0v) is 16.4. The highest BCUT2D eigenvalue weighted by Crippen LogP contribution is 2.27. The first kappa shape index (κ1) is 17.8. The Labute approximate surface area is 162 Å². The van der Waals surface area contributed by atoms with Gasteiger partial charge >= 0.3 is 0 Å².